The third kappa shape index (κ3) is 2.99. The summed E-state index contributed by atoms with van der Waals surface area (Å²) in [4.78, 5) is 12.1. The highest BCUT2D eigenvalue weighted by molar-refractivity contribution is 7.99. The summed E-state index contributed by atoms with van der Waals surface area (Å²) >= 11 is 1.54. The molecule has 1 aliphatic heterocycles. The summed E-state index contributed by atoms with van der Waals surface area (Å²) < 4.78 is 16.1. The highest BCUT2D eigenvalue weighted by atomic mass is 32.2. The second-order valence-electron chi connectivity index (χ2n) is 4.35. The number of carbonyl (C=O) groups is 1. The van der Waals surface area contributed by atoms with Crippen LogP contribution in [0.25, 0.3) is 0 Å². The molecule has 0 radical (unpaired) electrons. The van der Waals surface area contributed by atoms with Gasteiger partial charge in [0.15, 0.2) is 17.3 Å². The van der Waals surface area contributed by atoms with Crippen molar-refractivity contribution in [3.63, 3.8) is 0 Å². The van der Waals surface area contributed by atoms with Crippen LogP contribution in [0, 0.1) is 0 Å². The number of ether oxygens (including phenoxy) is 2. The topological polar surface area (TPSA) is 48.7 Å². The fourth-order valence-electron chi connectivity index (χ4n) is 1.94. The van der Waals surface area contributed by atoms with Crippen LogP contribution in [-0.4, -0.2) is 24.7 Å². The molecule has 2 heterocycles. The lowest BCUT2D eigenvalue weighted by atomic mass is 10.1. The standard InChI is InChI=1S/C15H14O4S/c16-13(10-20-9-12-2-1-5-17-12)11-3-4-14-15(8-11)19-7-6-18-14/h1-5,8H,6-7,9-10H2. The highest BCUT2D eigenvalue weighted by Gasteiger charge is 2.15. The van der Waals surface area contributed by atoms with Crippen molar-refractivity contribution in [2.24, 2.45) is 0 Å². The minimum atomic E-state index is 0.0820. The number of hydrogen-bond acceptors (Lipinski definition) is 5. The molecule has 3 rings (SSSR count). The average molecular weight is 290 g/mol. The minimum absolute atomic E-state index is 0.0820. The highest BCUT2D eigenvalue weighted by Crippen LogP contribution is 2.31. The van der Waals surface area contributed by atoms with Crippen LogP contribution in [0.2, 0.25) is 0 Å². The van der Waals surface area contributed by atoms with Crippen molar-refractivity contribution in [2.75, 3.05) is 19.0 Å². The zero-order valence-corrected chi connectivity index (χ0v) is 11.7. The molecule has 0 unspecified atom stereocenters. The van der Waals surface area contributed by atoms with Crippen LogP contribution in [-0.2, 0) is 5.75 Å². The van der Waals surface area contributed by atoms with Crippen molar-refractivity contribution in [1.82, 2.24) is 0 Å². The van der Waals surface area contributed by atoms with E-state index in [9.17, 15) is 4.79 Å². The number of furan rings is 1. The fourth-order valence-corrected chi connectivity index (χ4v) is 2.76. The summed E-state index contributed by atoms with van der Waals surface area (Å²) in [5, 5.41) is 0. The molecule has 0 N–H and O–H groups in total. The Morgan fingerprint density at radius 3 is 2.80 bits per heavy atom. The number of ketones is 1. The molecule has 1 aromatic carbocycles. The van der Waals surface area contributed by atoms with Gasteiger partial charge in [-0.05, 0) is 30.3 Å². The zero-order chi connectivity index (χ0) is 13.8. The molecule has 0 atom stereocenters. The van der Waals surface area contributed by atoms with Gasteiger partial charge in [0.1, 0.15) is 19.0 Å². The summed E-state index contributed by atoms with van der Waals surface area (Å²) in [6.45, 7) is 1.08. The predicted octanol–water partition coefficient (Wildman–Crippen LogP) is 3.17. The molecule has 0 saturated heterocycles. The van der Waals surface area contributed by atoms with E-state index < -0.39 is 0 Å². The Morgan fingerprint density at radius 1 is 1.15 bits per heavy atom. The summed E-state index contributed by atoms with van der Waals surface area (Å²) in [6, 6.07) is 9.08. The Morgan fingerprint density at radius 2 is 2.00 bits per heavy atom. The molecule has 1 aromatic heterocycles. The average Bonchev–Trinajstić information content (AvgIpc) is 3.00. The zero-order valence-electron chi connectivity index (χ0n) is 10.8. The number of rotatable bonds is 5. The van der Waals surface area contributed by atoms with Gasteiger partial charge in [0.25, 0.3) is 0 Å². The molecule has 0 aliphatic carbocycles. The van der Waals surface area contributed by atoms with Crippen molar-refractivity contribution >= 4 is 17.5 Å². The Bertz CT molecular complexity index is 592. The minimum Gasteiger partial charge on any atom is -0.486 e. The van der Waals surface area contributed by atoms with Crippen molar-refractivity contribution in [3.05, 3.63) is 47.9 Å². The molecule has 0 amide bonds. The van der Waals surface area contributed by atoms with Crippen LogP contribution < -0.4 is 9.47 Å². The molecule has 1 aliphatic rings. The summed E-state index contributed by atoms with van der Waals surface area (Å²) in [5.41, 5.74) is 0.654. The van der Waals surface area contributed by atoms with Gasteiger partial charge in [-0.2, -0.15) is 0 Å². The van der Waals surface area contributed by atoms with Crippen molar-refractivity contribution in [1.29, 1.82) is 0 Å². The van der Waals surface area contributed by atoms with Crippen molar-refractivity contribution in [3.8, 4) is 11.5 Å². The van der Waals surface area contributed by atoms with E-state index in [0.717, 1.165) is 5.76 Å². The van der Waals surface area contributed by atoms with E-state index >= 15 is 0 Å². The summed E-state index contributed by atoms with van der Waals surface area (Å²) in [5.74, 6) is 3.43. The molecule has 2 aromatic rings. The van der Waals surface area contributed by atoms with Crippen LogP contribution in [0.1, 0.15) is 16.1 Å². The van der Waals surface area contributed by atoms with Gasteiger partial charge in [-0.3, -0.25) is 4.79 Å². The van der Waals surface area contributed by atoms with Crippen molar-refractivity contribution in [2.45, 2.75) is 5.75 Å². The first kappa shape index (κ1) is 13.1. The predicted molar refractivity (Wildman–Crippen MR) is 76.6 cm³/mol. The van der Waals surface area contributed by atoms with Crippen molar-refractivity contribution < 1.29 is 18.7 Å². The Labute approximate surface area is 121 Å². The molecule has 0 spiro atoms. The van der Waals surface area contributed by atoms with E-state index in [2.05, 4.69) is 0 Å². The maximum absolute atomic E-state index is 12.1. The third-order valence-electron chi connectivity index (χ3n) is 2.92. The van der Waals surface area contributed by atoms with Gasteiger partial charge in [-0.15, -0.1) is 11.8 Å². The summed E-state index contributed by atoms with van der Waals surface area (Å²) in [6.07, 6.45) is 1.64. The molecule has 104 valence electrons. The Hall–Kier alpha value is -1.88. The maximum Gasteiger partial charge on any atom is 0.172 e. The summed E-state index contributed by atoms with van der Waals surface area (Å²) in [7, 11) is 0. The largest absolute Gasteiger partial charge is 0.486 e. The van der Waals surface area contributed by atoms with Gasteiger partial charge in [0.05, 0.1) is 17.8 Å². The molecule has 20 heavy (non-hydrogen) atoms. The van der Waals surface area contributed by atoms with Gasteiger partial charge >= 0.3 is 0 Å². The molecular formula is C15H14O4S. The van der Waals surface area contributed by atoms with Crippen LogP contribution >= 0.6 is 11.8 Å². The van der Waals surface area contributed by atoms with E-state index in [1.807, 2.05) is 12.1 Å². The second kappa shape index (κ2) is 6.05. The molecular weight excluding hydrogens is 276 g/mol. The number of carbonyl (C=O) groups excluding carboxylic acids is 1. The number of hydrogen-bond donors (Lipinski definition) is 0. The van der Waals surface area contributed by atoms with Gasteiger partial charge < -0.3 is 13.9 Å². The van der Waals surface area contributed by atoms with Gasteiger partial charge in [0, 0.05) is 5.56 Å². The van der Waals surface area contributed by atoms with Crippen LogP contribution in [0.15, 0.2) is 41.0 Å². The maximum atomic E-state index is 12.1. The Balaban J connectivity index is 1.59. The van der Waals surface area contributed by atoms with E-state index in [4.69, 9.17) is 13.9 Å². The first-order valence-electron chi connectivity index (χ1n) is 6.36. The van der Waals surface area contributed by atoms with Crippen LogP contribution in [0.5, 0.6) is 11.5 Å². The Kier molecular flexibility index (Phi) is 3.97. The van der Waals surface area contributed by atoms with Crippen LogP contribution in [0.4, 0.5) is 0 Å². The lowest BCUT2D eigenvalue weighted by Gasteiger charge is -2.18. The number of Topliss-reactive ketones (excluding diaryl/α,β-unsaturated/α-hetero) is 1. The normalized spacial score (nSPS) is 13.2. The first-order chi connectivity index (χ1) is 9.83. The lowest BCUT2D eigenvalue weighted by molar-refractivity contribution is 0.102. The lowest BCUT2D eigenvalue weighted by Crippen LogP contribution is -2.16. The van der Waals surface area contributed by atoms with Gasteiger partial charge in [0.2, 0.25) is 0 Å². The molecule has 0 bridgehead atoms. The molecule has 4 nitrogen and oxygen atoms in total. The monoisotopic (exact) mass is 290 g/mol. The first-order valence-corrected chi connectivity index (χ1v) is 7.51. The fraction of sp³-hybridized carbons (Fsp3) is 0.267. The number of fused-ring (bicyclic) bond motifs is 1. The number of thioether (sulfide) groups is 1. The van der Waals surface area contributed by atoms with Crippen LogP contribution in [0.3, 0.4) is 0 Å². The molecule has 0 fully saturated rings. The molecule has 0 saturated carbocycles. The second-order valence-corrected chi connectivity index (χ2v) is 5.34. The van der Waals surface area contributed by atoms with E-state index in [1.165, 1.54) is 11.8 Å². The quantitative estimate of drug-likeness (QED) is 0.792. The third-order valence-corrected chi connectivity index (χ3v) is 3.88. The van der Waals surface area contributed by atoms with E-state index in [0.29, 0.717) is 41.8 Å². The number of benzene rings is 1. The SMILES string of the molecule is O=C(CSCc1ccco1)c1ccc2c(c1)OCCO2. The van der Waals surface area contributed by atoms with Gasteiger partial charge in [-0.1, -0.05) is 0 Å². The van der Waals surface area contributed by atoms with E-state index in [1.54, 1.807) is 24.5 Å². The molecule has 5 heteroatoms. The smallest absolute Gasteiger partial charge is 0.172 e. The van der Waals surface area contributed by atoms with E-state index in [-0.39, 0.29) is 5.78 Å². The van der Waals surface area contributed by atoms with Gasteiger partial charge in [-0.25, -0.2) is 0 Å².